The van der Waals surface area contributed by atoms with Gasteiger partial charge in [0.15, 0.2) is 0 Å². The van der Waals surface area contributed by atoms with Crippen molar-refractivity contribution in [1.29, 1.82) is 0 Å². The Morgan fingerprint density at radius 1 is 1.10 bits per heavy atom. The van der Waals surface area contributed by atoms with Crippen molar-refractivity contribution < 1.29 is 19.4 Å². The largest absolute Gasteiger partial charge is 0.489 e. The van der Waals surface area contributed by atoms with E-state index in [0.717, 1.165) is 5.56 Å². The van der Waals surface area contributed by atoms with Gasteiger partial charge in [-0.25, -0.2) is 0 Å². The number of halogens is 2. The molecule has 0 bridgehead atoms. The van der Waals surface area contributed by atoms with E-state index in [2.05, 4.69) is 10.6 Å². The third kappa shape index (κ3) is 6.62. The first-order valence-electron chi connectivity index (χ1n) is 9.59. The lowest BCUT2D eigenvalue weighted by Crippen LogP contribution is -2.51. The second-order valence-electron chi connectivity index (χ2n) is 7.27. The van der Waals surface area contributed by atoms with Crippen LogP contribution < -0.4 is 15.4 Å². The van der Waals surface area contributed by atoms with Crippen LogP contribution in [0.5, 0.6) is 5.75 Å². The van der Waals surface area contributed by atoms with Crippen LogP contribution in [0.1, 0.15) is 29.8 Å². The lowest BCUT2D eigenvalue weighted by molar-refractivity contribution is -0.124. The summed E-state index contributed by atoms with van der Waals surface area (Å²) in [5, 5.41) is 16.2. The summed E-state index contributed by atoms with van der Waals surface area (Å²) in [4.78, 5) is 25.2. The Morgan fingerprint density at radius 3 is 2.47 bits per heavy atom. The van der Waals surface area contributed by atoms with E-state index in [9.17, 15) is 14.7 Å². The number of ether oxygens (including phenoxy) is 1. The maximum absolute atomic E-state index is 12.6. The lowest BCUT2D eigenvalue weighted by atomic mass is 10.0. The predicted molar refractivity (Wildman–Crippen MR) is 118 cm³/mol. The quantitative estimate of drug-likeness (QED) is 0.542. The molecule has 162 valence electrons. The number of aliphatic hydroxyl groups is 1. The minimum absolute atomic E-state index is 0.0412. The molecule has 0 aliphatic heterocycles. The molecule has 2 aromatic carbocycles. The second-order valence-corrected chi connectivity index (χ2v) is 8.06. The molecular weight excluding hydrogens is 427 g/mol. The fraction of sp³-hybridized carbons (Fsp3) is 0.364. The normalized spacial score (nSPS) is 12.9. The van der Waals surface area contributed by atoms with E-state index < -0.39 is 12.1 Å². The Kier molecular flexibility index (Phi) is 8.96. The van der Waals surface area contributed by atoms with Crippen LogP contribution in [-0.4, -0.2) is 42.2 Å². The van der Waals surface area contributed by atoms with Crippen LogP contribution in [0.2, 0.25) is 10.0 Å². The van der Waals surface area contributed by atoms with E-state index in [4.69, 9.17) is 27.9 Å². The first-order valence-corrected chi connectivity index (χ1v) is 10.3. The highest BCUT2D eigenvalue weighted by Crippen LogP contribution is 2.31. The number of aryl methyl sites for hydroxylation is 1. The van der Waals surface area contributed by atoms with Gasteiger partial charge in [-0.1, -0.05) is 61.3 Å². The Labute approximate surface area is 186 Å². The maximum atomic E-state index is 12.6. The number of carbonyl (C=O) groups is 2. The molecule has 2 amide bonds. The van der Waals surface area contributed by atoms with Crippen LogP contribution in [0.25, 0.3) is 0 Å². The van der Waals surface area contributed by atoms with Gasteiger partial charge in [0, 0.05) is 12.1 Å². The average Bonchev–Trinajstić information content (AvgIpc) is 2.71. The Bertz CT molecular complexity index is 889. The monoisotopic (exact) mass is 452 g/mol. The molecule has 0 fully saturated rings. The SMILES string of the molecule is Cc1ccccc1C(=O)NC(C(=O)NCC(O)COc1cccc(Cl)c1Cl)C(C)C. The predicted octanol–water partition coefficient (Wildman–Crippen LogP) is 3.61. The van der Waals surface area contributed by atoms with E-state index in [1.807, 2.05) is 32.9 Å². The van der Waals surface area contributed by atoms with E-state index in [0.29, 0.717) is 16.3 Å². The van der Waals surface area contributed by atoms with Gasteiger partial charge >= 0.3 is 0 Å². The summed E-state index contributed by atoms with van der Waals surface area (Å²) in [5.41, 5.74) is 1.34. The Morgan fingerprint density at radius 2 is 1.80 bits per heavy atom. The molecule has 0 saturated carbocycles. The number of benzene rings is 2. The Balaban J connectivity index is 1.89. The van der Waals surface area contributed by atoms with Crippen LogP contribution >= 0.6 is 23.2 Å². The van der Waals surface area contributed by atoms with Gasteiger partial charge in [0.2, 0.25) is 5.91 Å². The van der Waals surface area contributed by atoms with Crippen molar-refractivity contribution in [3.63, 3.8) is 0 Å². The van der Waals surface area contributed by atoms with Gasteiger partial charge in [-0.2, -0.15) is 0 Å². The number of rotatable bonds is 9. The van der Waals surface area contributed by atoms with Crippen LogP contribution in [0.3, 0.4) is 0 Å². The highest BCUT2D eigenvalue weighted by molar-refractivity contribution is 6.42. The van der Waals surface area contributed by atoms with Gasteiger partial charge in [0.1, 0.15) is 29.5 Å². The van der Waals surface area contributed by atoms with Crippen molar-refractivity contribution in [3.05, 3.63) is 63.6 Å². The maximum Gasteiger partial charge on any atom is 0.252 e. The molecule has 0 heterocycles. The third-order valence-electron chi connectivity index (χ3n) is 4.48. The third-order valence-corrected chi connectivity index (χ3v) is 5.29. The molecule has 8 heteroatoms. The van der Waals surface area contributed by atoms with Gasteiger partial charge in [-0.05, 0) is 36.6 Å². The van der Waals surface area contributed by atoms with E-state index in [-0.39, 0.29) is 35.9 Å². The highest BCUT2D eigenvalue weighted by atomic mass is 35.5. The fourth-order valence-electron chi connectivity index (χ4n) is 2.75. The number of hydrogen-bond donors (Lipinski definition) is 3. The zero-order valence-electron chi connectivity index (χ0n) is 17.1. The zero-order valence-corrected chi connectivity index (χ0v) is 18.6. The van der Waals surface area contributed by atoms with Crippen molar-refractivity contribution >= 4 is 35.0 Å². The van der Waals surface area contributed by atoms with Crippen LogP contribution in [-0.2, 0) is 4.79 Å². The average molecular weight is 453 g/mol. The summed E-state index contributed by atoms with van der Waals surface area (Å²) in [6.45, 7) is 5.39. The van der Waals surface area contributed by atoms with Crippen molar-refractivity contribution in [1.82, 2.24) is 10.6 Å². The fourth-order valence-corrected chi connectivity index (χ4v) is 3.10. The van der Waals surface area contributed by atoms with E-state index in [1.54, 1.807) is 30.3 Å². The minimum Gasteiger partial charge on any atom is -0.489 e. The van der Waals surface area contributed by atoms with Gasteiger partial charge in [0.05, 0.1) is 5.02 Å². The molecule has 2 rings (SSSR count). The smallest absolute Gasteiger partial charge is 0.252 e. The number of carbonyl (C=O) groups excluding carboxylic acids is 2. The highest BCUT2D eigenvalue weighted by Gasteiger charge is 2.25. The number of amides is 2. The van der Waals surface area contributed by atoms with Crippen molar-refractivity contribution in [3.8, 4) is 5.75 Å². The number of hydrogen-bond acceptors (Lipinski definition) is 4. The molecule has 0 spiro atoms. The molecule has 0 saturated heterocycles. The van der Waals surface area contributed by atoms with Gasteiger partial charge < -0.3 is 20.5 Å². The lowest BCUT2D eigenvalue weighted by Gasteiger charge is -2.23. The minimum atomic E-state index is -0.969. The summed E-state index contributed by atoms with van der Waals surface area (Å²) >= 11 is 12.0. The number of aliphatic hydroxyl groups excluding tert-OH is 1. The molecule has 2 aromatic rings. The summed E-state index contributed by atoms with van der Waals surface area (Å²) in [7, 11) is 0. The van der Waals surface area contributed by atoms with Crippen molar-refractivity contribution in [2.75, 3.05) is 13.2 Å². The Hall–Kier alpha value is -2.28. The van der Waals surface area contributed by atoms with Gasteiger partial charge in [0.25, 0.3) is 5.91 Å². The molecule has 3 N–H and O–H groups in total. The standard InChI is InChI=1S/C22H26Cl2N2O4/c1-13(2)20(26-21(28)16-8-5-4-7-14(16)3)22(29)25-11-15(27)12-30-18-10-6-9-17(23)19(18)24/h4-10,13,15,20,27H,11-12H2,1-3H3,(H,25,29)(H,26,28). The van der Waals surface area contributed by atoms with Gasteiger partial charge in [-0.15, -0.1) is 0 Å². The molecule has 2 unspecified atom stereocenters. The molecular formula is C22H26Cl2N2O4. The topological polar surface area (TPSA) is 87.7 Å². The number of nitrogens with one attached hydrogen (secondary N) is 2. The molecule has 30 heavy (non-hydrogen) atoms. The van der Waals surface area contributed by atoms with Gasteiger partial charge in [-0.3, -0.25) is 9.59 Å². The van der Waals surface area contributed by atoms with E-state index >= 15 is 0 Å². The molecule has 0 aliphatic carbocycles. The summed E-state index contributed by atoms with van der Waals surface area (Å²) in [5.74, 6) is -0.495. The van der Waals surface area contributed by atoms with Crippen LogP contribution in [0.4, 0.5) is 0 Å². The first kappa shape index (κ1) is 24.0. The zero-order chi connectivity index (χ0) is 22.3. The summed E-state index contributed by atoms with van der Waals surface area (Å²) in [6, 6.07) is 11.4. The molecule has 0 radical (unpaired) electrons. The molecule has 0 aromatic heterocycles. The van der Waals surface area contributed by atoms with Crippen molar-refractivity contribution in [2.24, 2.45) is 5.92 Å². The van der Waals surface area contributed by atoms with Crippen molar-refractivity contribution in [2.45, 2.75) is 32.9 Å². The summed E-state index contributed by atoms with van der Waals surface area (Å²) in [6.07, 6.45) is -0.969. The molecule has 6 nitrogen and oxygen atoms in total. The summed E-state index contributed by atoms with van der Waals surface area (Å²) < 4.78 is 5.47. The first-order chi connectivity index (χ1) is 14.2. The molecule has 2 atom stereocenters. The second kappa shape index (κ2) is 11.2. The van der Waals surface area contributed by atoms with Crippen LogP contribution in [0, 0.1) is 12.8 Å². The van der Waals surface area contributed by atoms with E-state index in [1.165, 1.54) is 0 Å². The molecule has 0 aliphatic rings. The van der Waals surface area contributed by atoms with Crippen LogP contribution in [0.15, 0.2) is 42.5 Å².